The van der Waals surface area contributed by atoms with Gasteiger partial charge in [0.25, 0.3) is 0 Å². The molecule has 0 fully saturated rings. The molecular formula is C12H15NO2. The summed E-state index contributed by atoms with van der Waals surface area (Å²) in [6.45, 7) is 2.71. The molecule has 0 bridgehead atoms. The average Bonchev–Trinajstić information content (AvgIpc) is 2.24. The van der Waals surface area contributed by atoms with Crippen molar-refractivity contribution in [2.45, 2.75) is 13.3 Å². The van der Waals surface area contributed by atoms with Crippen molar-refractivity contribution in [3.05, 3.63) is 35.9 Å². The van der Waals surface area contributed by atoms with E-state index in [1.807, 2.05) is 31.2 Å². The van der Waals surface area contributed by atoms with Crippen molar-refractivity contribution in [3.8, 4) is 5.75 Å². The lowest BCUT2D eigenvalue weighted by Crippen LogP contribution is -2.05. The number of carbonyl (C=O) groups excluding carboxylic acids is 1. The van der Waals surface area contributed by atoms with Crippen LogP contribution in [0.5, 0.6) is 5.75 Å². The van der Waals surface area contributed by atoms with E-state index in [-0.39, 0.29) is 0 Å². The zero-order valence-corrected chi connectivity index (χ0v) is 8.77. The Labute approximate surface area is 89.5 Å². The summed E-state index contributed by atoms with van der Waals surface area (Å²) in [5.74, 6) is 0.317. The minimum absolute atomic E-state index is 0.458. The number of carbonyl (C=O) groups is 1. The fraction of sp³-hybridized carbons (Fsp3) is 0.250. The SMILES string of the molecule is CCCOc1ccccc1/C=C/C(N)=O. The molecule has 0 aliphatic heterocycles. The van der Waals surface area contributed by atoms with Gasteiger partial charge in [-0.15, -0.1) is 0 Å². The Hall–Kier alpha value is -1.77. The summed E-state index contributed by atoms with van der Waals surface area (Å²) >= 11 is 0. The molecule has 0 atom stereocenters. The van der Waals surface area contributed by atoms with E-state index in [2.05, 4.69) is 0 Å². The average molecular weight is 205 g/mol. The van der Waals surface area contributed by atoms with Crippen LogP contribution >= 0.6 is 0 Å². The van der Waals surface area contributed by atoms with Gasteiger partial charge in [0, 0.05) is 11.6 Å². The van der Waals surface area contributed by atoms with E-state index in [1.165, 1.54) is 6.08 Å². The normalized spacial score (nSPS) is 10.5. The van der Waals surface area contributed by atoms with Gasteiger partial charge in [-0.1, -0.05) is 25.1 Å². The van der Waals surface area contributed by atoms with Gasteiger partial charge in [-0.2, -0.15) is 0 Å². The predicted octanol–water partition coefficient (Wildman–Crippen LogP) is 1.97. The molecule has 1 aromatic rings. The number of amides is 1. The minimum Gasteiger partial charge on any atom is -0.493 e. The fourth-order valence-electron chi connectivity index (χ4n) is 1.13. The van der Waals surface area contributed by atoms with Crippen molar-refractivity contribution < 1.29 is 9.53 Å². The van der Waals surface area contributed by atoms with Crippen LogP contribution < -0.4 is 10.5 Å². The molecule has 0 spiro atoms. The molecule has 0 aliphatic rings. The van der Waals surface area contributed by atoms with Crippen molar-refractivity contribution in [1.82, 2.24) is 0 Å². The molecule has 0 aliphatic carbocycles. The molecule has 3 nitrogen and oxygen atoms in total. The van der Waals surface area contributed by atoms with E-state index >= 15 is 0 Å². The summed E-state index contributed by atoms with van der Waals surface area (Å²) in [5, 5.41) is 0. The topological polar surface area (TPSA) is 52.3 Å². The molecule has 1 amide bonds. The second-order valence-corrected chi connectivity index (χ2v) is 3.12. The van der Waals surface area contributed by atoms with E-state index in [4.69, 9.17) is 10.5 Å². The van der Waals surface area contributed by atoms with Gasteiger partial charge in [0.1, 0.15) is 5.75 Å². The number of benzene rings is 1. The highest BCUT2D eigenvalue weighted by Gasteiger charge is 1.98. The summed E-state index contributed by atoms with van der Waals surface area (Å²) in [7, 11) is 0. The van der Waals surface area contributed by atoms with Crippen LogP contribution in [0.15, 0.2) is 30.3 Å². The third-order valence-corrected chi connectivity index (χ3v) is 1.81. The number of ether oxygens (including phenoxy) is 1. The van der Waals surface area contributed by atoms with Gasteiger partial charge in [-0.25, -0.2) is 0 Å². The number of rotatable bonds is 5. The Morgan fingerprint density at radius 3 is 2.87 bits per heavy atom. The Morgan fingerprint density at radius 1 is 1.47 bits per heavy atom. The Balaban J connectivity index is 2.81. The third-order valence-electron chi connectivity index (χ3n) is 1.81. The molecule has 0 aromatic heterocycles. The Kier molecular flexibility index (Phi) is 4.41. The number of para-hydroxylation sites is 1. The van der Waals surface area contributed by atoms with Gasteiger partial charge in [-0.05, 0) is 18.6 Å². The smallest absolute Gasteiger partial charge is 0.241 e. The zero-order valence-electron chi connectivity index (χ0n) is 8.77. The van der Waals surface area contributed by atoms with Crippen LogP contribution in [-0.2, 0) is 4.79 Å². The van der Waals surface area contributed by atoms with Crippen LogP contribution in [0.25, 0.3) is 6.08 Å². The first kappa shape index (κ1) is 11.3. The number of nitrogens with two attached hydrogens (primary N) is 1. The molecule has 1 aromatic carbocycles. The molecule has 0 radical (unpaired) electrons. The lowest BCUT2D eigenvalue weighted by molar-refractivity contribution is -0.113. The van der Waals surface area contributed by atoms with Gasteiger partial charge in [0.05, 0.1) is 6.61 Å². The molecule has 15 heavy (non-hydrogen) atoms. The standard InChI is InChI=1S/C12H15NO2/c1-2-9-15-11-6-4-3-5-10(11)7-8-12(13)14/h3-8H,2,9H2,1H3,(H2,13,14)/b8-7+. The lowest BCUT2D eigenvalue weighted by Gasteiger charge is -2.07. The number of primary amides is 1. The Morgan fingerprint density at radius 2 is 2.20 bits per heavy atom. The molecule has 80 valence electrons. The third kappa shape index (κ3) is 3.85. The first-order chi connectivity index (χ1) is 7.24. The lowest BCUT2D eigenvalue weighted by atomic mass is 10.2. The quantitative estimate of drug-likeness (QED) is 0.747. The largest absolute Gasteiger partial charge is 0.493 e. The summed E-state index contributed by atoms with van der Waals surface area (Å²) in [6.07, 6.45) is 3.94. The molecule has 0 saturated heterocycles. The maximum atomic E-state index is 10.6. The molecule has 1 rings (SSSR count). The first-order valence-corrected chi connectivity index (χ1v) is 4.93. The first-order valence-electron chi connectivity index (χ1n) is 4.93. The zero-order chi connectivity index (χ0) is 11.1. The molecule has 2 N–H and O–H groups in total. The van der Waals surface area contributed by atoms with Crippen LogP contribution in [0.4, 0.5) is 0 Å². The monoisotopic (exact) mass is 205 g/mol. The van der Waals surface area contributed by atoms with Gasteiger partial charge in [-0.3, -0.25) is 4.79 Å². The van der Waals surface area contributed by atoms with Crippen LogP contribution in [0.2, 0.25) is 0 Å². The second-order valence-electron chi connectivity index (χ2n) is 3.12. The van der Waals surface area contributed by atoms with Crippen LogP contribution in [-0.4, -0.2) is 12.5 Å². The molecule has 0 heterocycles. The van der Waals surface area contributed by atoms with E-state index in [0.717, 1.165) is 17.7 Å². The number of hydrogen-bond donors (Lipinski definition) is 1. The van der Waals surface area contributed by atoms with E-state index in [0.29, 0.717) is 6.61 Å². The number of hydrogen-bond acceptors (Lipinski definition) is 2. The molecule has 0 unspecified atom stereocenters. The van der Waals surface area contributed by atoms with Gasteiger partial charge in [0.2, 0.25) is 5.91 Å². The van der Waals surface area contributed by atoms with Gasteiger partial charge >= 0.3 is 0 Å². The van der Waals surface area contributed by atoms with Crippen molar-refractivity contribution in [1.29, 1.82) is 0 Å². The van der Waals surface area contributed by atoms with Crippen molar-refractivity contribution >= 4 is 12.0 Å². The van der Waals surface area contributed by atoms with Crippen molar-refractivity contribution in [3.63, 3.8) is 0 Å². The predicted molar refractivity (Wildman–Crippen MR) is 60.5 cm³/mol. The summed E-state index contributed by atoms with van der Waals surface area (Å²) < 4.78 is 5.52. The summed E-state index contributed by atoms with van der Waals surface area (Å²) in [4.78, 5) is 10.6. The van der Waals surface area contributed by atoms with E-state index in [9.17, 15) is 4.79 Å². The van der Waals surface area contributed by atoms with Gasteiger partial charge in [0.15, 0.2) is 0 Å². The highest BCUT2D eigenvalue weighted by Crippen LogP contribution is 2.19. The molecule has 3 heteroatoms. The fourth-order valence-corrected chi connectivity index (χ4v) is 1.13. The maximum absolute atomic E-state index is 10.6. The molecular weight excluding hydrogens is 190 g/mol. The molecule has 0 saturated carbocycles. The van der Waals surface area contributed by atoms with Gasteiger partial charge < -0.3 is 10.5 Å². The Bertz CT molecular complexity index is 358. The van der Waals surface area contributed by atoms with E-state index < -0.39 is 5.91 Å². The van der Waals surface area contributed by atoms with Crippen LogP contribution in [0, 0.1) is 0 Å². The summed E-state index contributed by atoms with van der Waals surface area (Å²) in [5.41, 5.74) is 5.89. The minimum atomic E-state index is -0.458. The highest BCUT2D eigenvalue weighted by molar-refractivity contribution is 5.90. The van der Waals surface area contributed by atoms with Crippen molar-refractivity contribution in [2.75, 3.05) is 6.61 Å². The maximum Gasteiger partial charge on any atom is 0.241 e. The van der Waals surface area contributed by atoms with Crippen LogP contribution in [0.3, 0.4) is 0 Å². The van der Waals surface area contributed by atoms with Crippen LogP contribution in [0.1, 0.15) is 18.9 Å². The summed E-state index contributed by atoms with van der Waals surface area (Å²) in [6, 6.07) is 7.53. The second kappa shape index (κ2) is 5.86. The van der Waals surface area contributed by atoms with Crippen molar-refractivity contribution in [2.24, 2.45) is 5.73 Å². The highest BCUT2D eigenvalue weighted by atomic mass is 16.5. The van der Waals surface area contributed by atoms with E-state index in [1.54, 1.807) is 6.08 Å².